The predicted octanol–water partition coefficient (Wildman–Crippen LogP) is 3.82. The lowest BCUT2D eigenvalue weighted by Crippen LogP contribution is -2.31. The molecule has 1 N–H and O–H groups in total. The van der Waals surface area contributed by atoms with Crippen molar-refractivity contribution in [1.29, 1.82) is 0 Å². The number of nitrogens with one attached hydrogen (secondary N) is 1. The van der Waals surface area contributed by atoms with Crippen LogP contribution in [0.2, 0.25) is 0 Å². The lowest BCUT2D eigenvalue weighted by Gasteiger charge is -2.24. The zero-order valence-electron chi connectivity index (χ0n) is 17.6. The number of amidine groups is 1. The number of ether oxygens (including phenoxy) is 2. The molecular weight excluding hydrogens is 432 g/mol. The summed E-state index contributed by atoms with van der Waals surface area (Å²) in [7, 11) is 0. The third kappa shape index (κ3) is 4.23. The molecule has 0 radical (unpaired) electrons. The van der Waals surface area contributed by atoms with Gasteiger partial charge in [-0.2, -0.15) is 0 Å². The van der Waals surface area contributed by atoms with Gasteiger partial charge in [-0.05, 0) is 24.6 Å². The predicted molar refractivity (Wildman–Crippen MR) is 116 cm³/mol. The van der Waals surface area contributed by atoms with Crippen molar-refractivity contribution in [1.82, 2.24) is 19.8 Å². The highest BCUT2D eigenvalue weighted by Crippen LogP contribution is 2.36. The number of hydrogen-bond donors (Lipinski definition) is 1. The second-order valence-electron chi connectivity index (χ2n) is 7.65. The van der Waals surface area contributed by atoms with Gasteiger partial charge in [-0.1, -0.05) is 12.1 Å². The van der Waals surface area contributed by atoms with Crippen LogP contribution in [0.4, 0.5) is 19.3 Å². The number of fused-ring (bicyclic) bond motifs is 1. The lowest BCUT2D eigenvalue weighted by molar-refractivity contribution is 0.171. The number of hydrogen-bond acceptors (Lipinski definition) is 5. The first-order valence-corrected chi connectivity index (χ1v) is 10.6. The maximum atomic E-state index is 14.8. The molecule has 0 aliphatic carbocycles. The molecule has 1 unspecified atom stereocenters. The summed E-state index contributed by atoms with van der Waals surface area (Å²) in [6, 6.07) is 7.74. The third-order valence-corrected chi connectivity index (χ3v) is 5.49. The molecule has 33 heavy (non-hydrogen) atoms. The molecule has 8 nitrogen and oxygen atoms in total. The number of aromatic nitrogens is 2. The summed E-state index contributed by atoms with van der Waals surface area (Å²) in [5.41, 5.74) is 0.531. The number of amides is 2. The largest absolute Gasteiger partial charge is 0.486 e. The minimum atomic E-state index is -1.01. The number of carbonyl (C=O) groups excluding carboxylic acids is 1. The quantitative estimate of drug-likeness (QED) is 0.615. The molecule has 2 aliphatic rings. The molecule has 2 amide bonds. The number of halogens is 2. The molecule has 0 bridgehead atoms. The van der Waals surface area contributed by atoms with Gasteiger partial charge in [0.25, 0.3) is 0 Å². The molecule has 3 heterocycles. The number of nitrogens with zero attached hydrogens (tertiary/aromatic N) is 4. The Kier molecular flexibility index (Phi) is 5.64. The van der Waals surface area contributed by atoms with E-state index in [4.69, 9.17) is 9.47 Å². The highest BCUT2D eigenvalue weighted by Gasteiger charge is 2.39. The average molecular weight is 453 g/mol. The van der Waals surface area contributed by atoms with Crippen LogP contribution in [0, 0.1) is 11.6 Å². The van der Waals surface area contributed by atoms with Crippen molar-refractivity contribution in [3.05, 3.63) is 72.3 Å². The smallest absolute Gasteiger partial charge is 0.323 e. The fourth-order valence-corrected chi connectivity index (χ4v) is 3.96. The Balaban J connectivity index is 1.47. The summed E-state index contributed by atoms with van der Waals surface area (Å²) >= 11 is 0. The van der Waals surface area contributed by atoms with E-state index >= 15 is 0 Å². The summed E-state index contributed by atoms with van der Waals surface area (Å²) < 4.78 is 41.9. The third-order valence-electron chi connectivity index (χ3n) is 5.49. The standard InChI is InChI=1S/C23H21F2N5O3/c24-17-4-1-3-16(20(17)25)21-22(27-15-5-6-18-19(13-15)33-12-11-32-18)28-23(31)30(21)9-2-8-29-10-7-26-14-29/h1,3-7,10,13-14,21H,2,8-9,11-12H2,(H,27,28,31). The SMILES string of the molecule is O=C1NC(=Nc2ccc3c(c2)OCCO3)C(c2cccc(F)c2F)N1CCCn1ccnc1. The second kappa shape index (κ2) is 8.89. The summed E-state index contributed by atoms with van der Waals surface area (Å²) in [4.78, 5) is 22.9. The number of rotatable bonds is 6. The maximum Gasteiger partial charge on any atom is 0.323 e. The molecule has 5 rings (SSSR count). The Morgan fingerprint density at radius 1 is 1.12 bits per heavy atom. The summed E-state index contributed by atoms with van der Waals surface area (Å²) in [6.45, 7) is 1.82. The van der Waals surface area contributed by atoms with E-state index in [2.05, 4.69) is 15.3 Å². The number of imidazole rings is 1. The monoisotopic (exact) mass is 453 g/mol. The van der Waals surface area contributed by atoms with E-state index in [1.165, 1.54) is 17.0 Å². The van der Waals surface area contributed by atoms with Gasteiger partial charge in [0.15, 0.2) is 23.1 Å². The molecule has 0 spiro atoms. The van der Waals surface area contributed by atoms with Crippen molar-refractivity contribution in [2.45, 2.75) is 19.0 Å². The van der Waals surface area contributed by atoms with Crippen molar-refractivity contribution < 1.29 is 23.0 Å². The van der Waals surface area contributed by atoms with Crippen molar-refractivity contribution in [2.24, 2.45) is 4.99 Å². The summed E-state index contributed by atoms with van der Waals surface area (Å²) in [6.07, 6.45) is 5.77. The van der Waals surface area contributed by atoms with Crippen LogP contribution in [0.1, 0.15) is 18.0 Å². The molecule has 0 saturated carbocycles. The van der Waals surface area contributed by atoms with Crippen molar-refractivity contribution >= 4 is 17.6 Å². The van der Waals surface area contributed by atoms with Gasteiger partial charge in [-0.3, -0.25) is 5.32 Å². The summed E-state index contributed by atoms with van der Waals surface area (Å²) in [5, 5.41) is 2.73. The molecule has 10 heteroatoms. The van der Waals surface area contributed by atoms with E-state index in [1.807, 2.05) is 10.8 Å². The molecule has 2 aliphatic heterocycles. The normalized spacial score (nSPS) is 18.6. The Hall–Kier alpha value is -3.95. The van der Waals surface area contributed by atoms with Crippen LogP contribution in [0.3, 0.4) is 0 Å². The van der Waals surface area contributed by atoms with Crippen molar-refractivity contribution in [3.63, 3.8) is 0 Å². The van der Waals surface area contributed by atoms with Crippen LogP contribution < -0.4 is 14.8 Å². The molecule has 2 aromatic carbocycles. The van der Waals surface area contributed by atoms with Gasteiger partial charge >= 0.3 is 6.03 Å². The topological polar surface area (TPSA) is 81.0 Å². The zero-order chi connectivity index (χ0) is 22.8. The molecule has 3 aromatic rings. The van der Waals surface area contributed by atoms with Crippen LogP contribution in [0.5, 0.6) is 11.5 Å². The van der Waals surface area contributed by atoms with Gasteiger partial charge in [0, 0.05) is 37.1 Å². The number of aliphatic imine (C=N–C) groups is 1. The number of aryl methyl sites for hydroxylation is 1. The van der Waals surface area contributed by atoms with E-state index in [-0.39, 0.29) is 11.4 Å². The van der Waals surface area contributed by atoms with Gasteiger partial charge in [-0.25, -0.2) is 23.6 Å². The van der Waals surface area contributed by atoms with Crippen LogP contribution in [0.15, 0.2) is 60.1 Å². The Bertz CT molecular complexity index is 1200. The van der Waals surface area contributed by atoms with E-state index < -0.39 is 23.7 Å². The van der Waals surface area contributed by atoms with Gasteiger partial charge in [0.2, 0.25) is 0 Å². The maximum absolute atomic E-state index is 14.8. The van der Waals surface area contributed by atoms with Crippen molar-refractivity contribution in [3.8, 4) is 11.5 Å². The Morgan fingerprint density at radius 2 is 1.97 bits per heavy atom. The molecular formula is C23H21F2N5O3. The van der Waals surface area contributed by atoms with Crippen LogP contribution in [0.25, 0.3) is 0 Å². The van der Waals surface area contributed by atoms with Crippen LogP contribution >= 0.6 is 0 Å². The molecule has 1 saturated heterocycles. The number of carbonyl (C=O) groups is 1. The Labute approximate surface area is 188 Å². The summed E-state index contributed by atoms with van der Waals surface area (Å²) in [5.74, 6) is -0.631. The fourth-order valence-electron chi connectivity index (χ4n) is 3.96. The fraction of sp³-hybridized carbons (Fsp3) is 0.261. The van der Waals surface area contributed by atoms with E-state index in [0.717, 1.165) is 6.07 Å². The van der Waals surface area contributed by atoms with Crippen LogP contribution in [-0.2, 0) is 6.54 Å². The molecule has 1 fully saturated rings. The van der Waals surface area contributed by atoms with Crippen LogP contribution in [-0.4, -0.2) is 46.1 Å². The first-order valence-electron chi connectivity index (χ1n) is 10.6. The first kappa shape index (κ1) is 20.9. The van der Waals surface area contributed by atoms with Gasteiger partial charge < -0.3 is 18.9 Å². The average Bonchev–Trinajstić information content (AvgIpc) is 3.44. The second-order valence-corrected chi connectivity index (χ2v) is 7.65. The highest BCUT2D eigenvalue weighted by molar-refractivity contribution is 6.08. The van der Waals surface area contributed by atoms with E-state index in [9.17, 15) is 13.6 Å². The molecule has 1 aromatic heterocycles. The number of urea groups is 1. The minimum absolute atomic E-state index is 0.0345. The lowest BCUT2D eigenvalue weighted by atomic mass is 10.0. The Morgan fingerprint density at radius 3 is 2.79 bits per heavy atom. The first-order chi connectivity index (χ1) is 16.1. The van der Waals surface area contributed by atoms with Crippen molar-refractivity contribution in [2.75, 3.05) is 19.8 Å². The highest BCUT2D eigenvalue weighted by atomic mass is 19.2. The zero-order valence-corrected chi connectivity index (χ0v) is 17.6. The molecule has 1 atom stereocenters. The number of benzene rings is 2. The molecule has 170 valence electrons. The van der Waals surface area contributed by atoms with E-state index in [1.54, 1.807) is 30.7 Å². The van der Waals surface area contributed by atoms with Gasteiger partial charge in [-0.15, -0.1) is 0 Å². The van der Waals surface area contributed by atoms with Gasteiger partial charge in [0.05, 0.1) is 12.0 Å². The van der Waals surface area contributed by atoms with E-state index in [0.29, 0.717) is 49.9 Å². The minimum Gasteiger partial charge on any atom is -0.486 e. The van der Waals surface area contributed by atoms with Gasteiger partial charge in [0.1, 0.15) is 25.1 Å².